The third-order valence-corrected chi connectivity index (χ3v) is 6.92. The van der Waals surface area contributed by atoms with Crippen molar-refractivity contribution in [1.29, 1.82) is 0 Å². The van der Waals surface area contributed by atoms with Gasteiger partial charge in [0, 0.05) is 66.0 Å². The molecule has 1 aliphatic heterocycles. The van der Waals surface area contributed by atoms with Crippen molar-refractivity contribution in [2.45, 2.75) is 64.7 Å². The highest BCUT2D eigenvalue weighted by molar-refractivity contribution is 6.25. The van der Waals surface area contributed by atoms with Gasteiger partial charge in [-0.1, -0.05) is 0 Å². The fourth-order valence-electron chi connectivity index (χ4n) is 5.16. The van der Waals surface area contributed by atoms with Gasteiger partial charge in [-0.15, -0.1) is 0 Å². The zero-order valence-electron chi connectivity index (χ0n) is 19.5. The lowest BCUT2D eigenvalue weighted by Gasteiger charge is -2.28. The molecule has 3 aromatic heterocycles. The Hall–Kier alpha value is -3.04. The quantitative estimate of drug-likeness (QED) is 0.381. The highest BCUT2D eigenvalue weighted by Gasteiger charge is 2.35. The predicted molar refractivity (Wildman–Crippen MR) is 124 cm³/mol. The van der Waals surface area contributed by atoms with E-state index in [4.69, 9.17) is 4.98 Å². The van der Waals surface area contributed by atoms with E-state index in [1.807, 2.05) is 30.7 Å². The molecule has 4 heterocycles. The molecule has 0 radical (unpaired) electrons. The Bertz CT molecular complexity index is 1320. The fourth-order valence-corrected chi connectivity index (χ4v) is 5.16. The molecule has 186 valence electrons. The molecule has 5 nitrogen and oxygen atoms in total. The summed E-state index contributed by atoms with van der Waals surface area (Å²) in [5, 5.41) is 3.88. The van der Waals surface area contributed by atoms with E-state index in [9.17, 15) is 22.0 Å². The number of rotatable bonds is 5. The lowest BCUT2D eigenvalue weighted by molar-refractivity contribution is -0.142. The Labute approximate surface area is 199 Å². The number of aromatic nitrogens is 4. The molecule has 1 fully saturated rings. The van der Waals surface area contributed by atoms with Crippen molar-refractivity contribution in [1.82, 2.24) is 19.3 Å². The van der Waals surface area contributed by atoms with Gasteiger partial charge in [-0.25, -0.2) is 8.78 Å². The molecule has 0 unspecified atom stereocenters. The van der Waals surface area contributed by atoms with Crippen LogP contribution in [0.3, 0.4) is 0 Å². The van der Waals surface area contributed by atoms with Crippen molar-refractivity contribution >= 4 is 22.3 Å². The summed E-state index contributed by atoms with van der Waals surface area (Å²) in [4.78, 5) is 9.21. The molecule has 0 aromatic carbocycles. The van der Waals surface area contributed by atoms with E-state index >= 15 is 0 Å². The minimum atomic E-state index is -4.38. The van der Waals surface area contributed by atoms with E-state index in [2.05, 4.69) is 10.1 Å². The summed E-state index contributed by atoms with van der Waals surface area (Å²) < 4.78 is 68.8. The van der Waals surface area contributed by atoms with Crippen LogP contribution in [0.4, 0.5) is 22.0 Å². The van der Waals surface area contributed by atoms with E-state index in [-0.39, 0.29) is 18.8 Å². The summed E-state index contributed by atoms with van der Waals surface area (Å²) in [6.45, 7) is 3.99. The number of hydrogen-bond donors (Lipinski definition) is 0. The van der Waals surface area contributed by atoms with Gasteiger partial charge in [0.05, 0.1) is 23.8 Å². The van der Waals surface area contributed by atoms with Crippen molar-refractivity contribution in [3.8, 4) is 11.1 Å². The van der Waals surface area contributed by atoms with Crippen LogP contribution < -0.4 is 0 Å². The molecule has 10 heteroatoms. The van der Waals surface area contributed by atoms with Crippen LogP contribution in [0.1, 0.15) is 45.1 Å². The number of nitrogens with zero attached hydrogens (tertiary/aromatic N) is 5. The van der Waals surface area contributed by atoms with Crippen LogP contribution in [0, 0.1) is 5.92 Å². The molecule has 0 N–H and O–H groups in total. The summed E-state index contributed by atoms with van der Waals surface area (Å²) in [6.07, 6.45) is 2.62. The lowest BCUT2D eigenvalue weighted by atomic mass is 9.87. The minimum absolute atomic E-state index is 0.0883. The van der Waals surface area contributed by atoms with Gasteiger partial charge in [0.15, 0.2) is 0 Å². The van der Waals surface area contributed by atoms with Crippen LogP contribution in [0.25, 0.3) is 27.7 Å². The average molecular weight is 492 g/mol. The SMILES string of the molecule is CC1=NCC(C)=C1c1cnc2c(-c3cnn(CC(F)(F)F)c3)cn(CC3CCC(F)(F)CC3)c2c1. The van der Waals surface area contributed by atoms with Gasteiger partial charge in [0.25, 0.3) is 0 Å². The highest BCUT2D eigenvalue weighted by Crippen LogP contribution is 2.39. The topological polar surface area (TPSA) is 48.0 Å². The van der Waals surface area contributed by atoms with E-state index in [0.29, 0.717) is 42.6 Å². The van der Waals surface area contributed by atoms with Crippen molar-refractivity contribution in [2.75, 3.05) is 6.54 Å². The first-order valence-electron chi connectivity index (χ1n) is 11.7. The zero-order chi connectivity index (χ0) is 25.0. The van der Waals surface area contributed by atoms with E-state index in [1.165, 1.54) is 12.4 Å². The van der Waals surface area contributed by atoms with Gasteiger partial charge >= 0.3 is 6.18 Å². The molecule has 0 atom stereocenters. The summed E-state index contributed by atoms with van der Waals surface area (Å²) in [6, 6.07) is 2.02. The van der Waals surface area contributed by atoms with Crippen LogP contribution >= 0.6 is 0 Å². The maximum absolute atomic E-state index is 13.7. The van der Waals surface area contributed by atoms with E-state index < -0.39 is 18.6 Å². The van der Waals surface area contributed by atoms with Gasteiger partial charge < -0.3 is 4.57 Å². The Balaban J connectivity index is 1.55. The first-order chi connectivity index (χ1) is 16.5. The number of aliphatic imine (C=N–C) groups is 1. The molecule has 1 saturated carbocycles. The third-order valence-electron chi connectivity index (χ3n) is 6.92. The largest absolute Gasteiger partial charge is 0.408 e. The molecule has 0 bridgehead atoms. The number of allylic oxidation sites excluding steroid dienone is 1. The molecule has 0 amide bonds. The number of pyridine rings is 1. The molecular formula is C25H26F5N5. The van der Waals surface area contributed by atoms with Gasteiger partial charge in [-0.3, -0.25) is 14.7 Å². The summed E-state index contributed by atoms with van der Waals surface area (Å²) in [5.41, 5.74) is 6.71. The van der Waals surface area contributed by atoms with Gasteiger partial charge in [-0.2, -0.15) is 18.3 Å². The average Bonchev–Trinajstić information content (AvgIpc) is 3.46. The molecule has 3 aromatic rings. The van der Waals surface area contributed by atoms with Crippen molar-refractivity contribution < 1.29 is 22.0 Å². The van der Waals surface area contributed by atoms with Crippen LogP contribution in [0.2, 0.25) is 0 Å². The number of hydrogen-bond acceptors (Lipinski definition) is 3. The second kappa shape index (κ2) is 8.57. The number of fused-ring (bicyclic) bond motifs is 1. The van der Waals surface area contributed by atoms with E-state index in [0.717, 1.165) is 32.6 Å². The molecular weight excluding hydrogens is 465 g/mol. The maximum atomic E-state index is 13.7. The van der Waals surface area contributed by atoms with Crippen molar-refractivity contribution in [2.24, 2.45) is 10.9 Å². The normalized spacial score (nSPS) is 19.1. The lowest BCUT2D eigenvalue weighted by Crippen LogP contribution is -2.26. The molecule has 2 aliphatic rings. The second-order valence-corrected chi connectivity index (χ2v) is 9.68. The van der Waals surface area contributed by atoms with Gasteiger partial charge in [0.1, 0.15) is 6.54 Å². The fraction of sp³-hybridized carbons (Fsp3) is 0.480. The van der Waals surface area contributed by atoms with Crippen molar-refractivity contribution in [3.63, 3.8) is 0 Å². The molecule has 1 aliphatic carbocycles. The monoisotopic (exact) mass is 491 g/mol. The summed E-state index contributed by atoms with van der Waals surface area (Å²) in [5.74, 6) is -2.52. The van der Waals surface area contributed by atoms with Crippen molar-refractivity contribution in [3.05, 3.63) is 42.0 Å². The predicted octanol–water partition coefficient (Wildman–Crippen LogP) is 6.54. The van der Waals surface area contributed by atoms with E-state index in [1.54, 1.807) is 6.20 Å². The zero-order valence-corrected chi connectivity index (χ0v) is 19.5. The first kappa shape index (κ1) is 23.7. The Morgan fingerprint density at radius 1 is 1.06 bits per heavy atom. The Kier molecular flexibility index (Phi) is 5.80. The van der Waals surface area contributed by atoms with Crippen LogP contribution in [-0.2, 0) is 13.1 Å². The van der Waals surface area contributed by atoms with Crippen LogP contribution in [0.15, 0.2) is 41.4 Å². The van der Waals surface area contributed by atoms with Gasteiger partial charge in [0.2, 0.25) is 5.92 Å². The molecule has 0 spiro atoms. The second-order valence-electron chi connectivity index (χ2n) is 9.68. The summed E-state index contributed by atoms with van der Waals surface area (Å²) in [7, 11) is 0. The standard InChI is InChI=1S/C25H26F5N5/c1-15-8-31-16(2)22(15)18-7-21-23(32-9-18)20(19-10-33-35(12-19)14-25(28,29)30)13-34(21)11-17-3-5-24(26,27)6-4-17/h7,9-10,12-13,17H,3-6,8,11,14H2,1-2H3. The first-order valence-corrected chi connectivity index (χ1v) is 11.7. The summed E-state index contributed by atoms with van der Waals surface area (Å²) >= 11 is 0. The Morgan fingerprint density at radius 2 is 1.80 bits per heavy atom. The molecule has 35 heavy (non-hydrogen) atoms. The minimum Gasteiger partial charge on any atom is -0.345 e. The third kappa shape index (κ3) is 4.88. The van der Waals surface area contributed by atoms with Crippen LogP contribution in [-0.4, -0.2) is 43.7 Å². The smallest absolute Gasteiger partial charge is 0.345 e. The Morgan fingerprint density at radius 3 is 2.46 bits per heavy atom. The molecule has 5 rings (SSSR count). The van der Waals surface area contributed by atoms with Crippen LogP contribution in [0.5, 0.6) is 0 Å². The maximum Gasteiger partial charge on any atom is 0.408 e. The molecule has 0 saturated heterocycles. The number of alkyl halides is 5. The number of halogens is 5. The highest BCUT2D eigenvalue weighted by atomic mass is 19.4. The van der Waals surface area contributed by atoms with Gasteiger partial charge in [-0.05, 0) is 44.2 Å².